The van der Waals surface area contributed by atoms with Gasteiger partial charge in [-0.2, -0.15) is 0 Å². The molecule has 1 aromatic heterocycles. The molecule has 1 aliphatic rings. The highest BCUT2D eigenvalue weighted by atomic mass is 32.1. The van der Waals surface area contributed by atoms with Crippen molar-refractivity contribution in [1.29, 1.82) is 0 Å². The van der Waals surface area contributed by atoms with Crippen LogP contribution in [-0.4, -0.2) is 41.7 Å². The average Bonchev–Trinajstić information content (AvgIpc) is 2.89. The maximum absolute atomic E-state index is 11.9. The summed E-state index contributed by atoms with van der Waals surface area (Å²) in [6.45, 7) is 9.03. The normalized spacial score (nSPS) is 16.5. The molecule has 0 spiro atoms. The number of amides is 1. The molecule has 21 heavy (non-hydrogen) atoms. The first-order chi connectivity index (χ1) is 10.0. The molecule has 1 aliphatic heterocycles. The van der Waals surface area contributed by atoms with E-state index in [0.717, 1.165) is 37.5 Å². The SMILES string of the molecule is Cc1ncc(CNC2CCN(C(=O)OCC(C)C)CC2)s1. The van der Waals surface area contributed by atoms with Crippen LogP contribution in [0.1, 0.15) is 36.6 Å². The van der Waals surface area contributed by atoms with Crippen LogP contribution in [0.5, 0.6) is 0 Å². The average molecular weight is 311 g/mol. The summed E-state index contributed by atoms with van der Waals surface area (Å²) in [6, 6.07) is 0.474. The van der Waals surface area contributed by atoms with E-state index in [0.29, 0.717) is 18.6 Å². The summed E-state index contributed by atoms with van der Waals surface area (Å²) in [5.74, 6) is 0.385. The second kappa shape index (κ2) is 7.75. The molecule has 0 unspecified atom stereocenters. The fraction of sp³-hybridized carbons (Fsp3) is 0.733. The number of rotatable bonds is 5. The Labute approximate surface area is 130 Å². The van der Waals surface area contributed by atoms with Crippen LogP contribution >= 0.6 is 11.3 Å². The van der Waals surface area contributed by atoms with E-state index >= 15 is 0 Å². The summed E-state index contributed by atoms with van der Waals surface area (Å²) in [5, 5.41) is 4.66. The molecule has 0 saturated carbocycles. The number of aryl methyl sites for hydroxylation is 1. The van der Waals surface area contributed by atoms with Crippen molar-refractivity contribution in [2.75, 3.05) is 19.7 Å². The Morgan fingerprint density at radius 3 is 2.81 bits per heavy atom. The summed E-state index contributed by atoms with van der Waals surface area (Å²) >= 11 is 1.73. The van der Waals surface area contributed by atoms with Crippen LogP contribution in [0.4, 0.5) is 4.79 Å². The molecule has 118 valence electrons. The second-order valence-corrected chi connectivity index (χ2v) is 7.28. The third-order valence-corrected chi connectivity index (χ3v) is 4.44. The van der Waals surface area contributed by atoms with Crippen molar-refractivity contribution >= 4 is 17.4 Å². The van der Waals surface area contributed by atoms with Gasteiger partial charge in [0, 0.05) is 36.8 Å². The van der Waals surface area contributed by atoms with E-state index in [9.17, 15) is 4.79 Å². The monoisotopic (exact) mass is 311 g/mol. The van der Waals surface area contributed by atoms with Crippen LogP contribution in [0.3, 0.4) is 0 Å². The summed E-state index contributed by atoms with van der Waals surface area (Å²) in [7, 11) is 0. The number of ether oxygens (including phenoxy) is 1. The Balaban J connectivity index is 1.67. The number of hydrogen-bond donors (Lipinski definition) is 1. The van der Waals surface area contributed by atoms with Crippen molar-refractivity contribution < 1.29 is 9.53 Å². The molecule has 1 amide bonds. The molecule has 2 rings (SSSR count). The van der Waals surface area contributed by atoms with Crippen LogP contribution < -0.4 is 5.32 Å². The van der Waals surface area contributed by atoms with Gasteiger partial charge in [0.15, 0.2) is 0 Å². The molecular formula is C15H25N3O2S. The highest BCUT2D eigenvalue weighted by Gasteiger charge is 2.23. The molecule has 0 aromatic carbocycles. The Morgan fingerprint density at radius 1 is 1.52 bits per heavy atom. The Kier molecular flexibility index (Phi) is 5.99. The van der Waals surface area contributed by atoms with Gasteiger partial charge in [-0.1, -0.05) is 13.8 Å². The number of likely N-dealkylation sites (tertiary alicyclic amines) is 1. The molecule has 5 nitrogen and oxygen atoms in total. The Bertz CT molecular complexity index is 454. The molecule has 0 atom stereocenters. The Hall–Kier alpha value is -1.14. The highest BCUT2D eigenvalue weighted by Crippen LogP contribution is 2.15. The molecule has 0 bridgehead atoms. The van der Waals surface area contributed by atoms with E-state index < -0.39 is 0 Å². The zero-order valence-corrected chi connectivity index (χ0v) is 13.9. The summed E-state index contributed by atoms with van der Waals surface area (Å²) in [6.07, 6.45) is 3.73. The van der Waals surface area contributed by atoms with Crippen molar-refractivity contribution in [3.05, 3.63) is 16.1 Å². The second-order valence-electron chi connectivity index (χ2n) is 5.96. The minimum Gasteiger partial charge on any atom is -0.449 e. The number of nitrogens with zero attached hydrogens (tertiary/aromatic N) is 2. The summed E-state index contributed by atoms with van der Waals surface area (Å²) in [5.41, 5.74) is 0. The fourth-order valence-electron chi connectivity index (χ4n) is 2.33. The van der Waals surface area contributed by atoms with Gasteiger partial charge in [0.2, 0.25) is 0 Å². The van der Waals surface area contributed by atoms with E-state index in [1.54, 1.807) is 11.3 Å². The van der Waals surface area contributed by atoms with Crippen molar-refractivity contribution in [1.82, 2.24) is 15.2 Å². The topological polar surface area (TPSA) is 54.5 Å². The minimum atomic E-state index is -0.166. The van der Waals surface area contributed by atoms with E-state index in [-0.39, 0.29) is 6.09 Å². The van der Waals surface area contributed by atoms with Crippen LogP contribution in [0.2, 0.25) is 0 Å². The van der Waals surface area contributed by atoms with Crippen molar-refractivity contribution in [2.24, 2.45) is 5.92 Å². The molecule has 1 N–H and O–H groups in total. The lowest BCUT2D eigenvalue weighted by atomic mass is 10.1. The molecule has 0 radical (unpaired) electrons. The van der Waals surface area contributed by atoms with Gasteiger partial charge in [0.05, 0.1) is 11.6 Å². The molecule has 1 fully saturated rings. The van der Waals surface area contributed by atoms with Gasteiger partial charge in [-0.3, -0.25) is 0 Å². The molecule has 1 aromatic rings. The predicted octanol–water partition coefficient (Wildman–Crippen LogP) is 2.80. The Morgan fingerprint density at radius 2 is 2.24 bits per heavy atom. The fourth-order valence-corrected chi connectivity index (χ4v) is 3.07. The van der Waals surface area contributed by atoms with Gasteiger partial charge in [0.1, 0.15) is 0 Å². The van der Waals surface area contributed by atoms with Gasteiger partial charge in [0.25, 0.3) is 0 Å². The van der Waals surface area contributed by atoms with Crippen LogP contribution in [0.15, 0.2) is 6.20 Å². The van der Waals surface area contributed by atoms with Crippen LogP contribution in [0, 0.1) is 12.8 Å². The molecule has 1 saturated heterocycles. The third kappa shape index (κ3) is 5.28. The number of nitrogens with one attached hydrogen (secondary N) is 1. The van der Waals surface area contributed by atoms with Crippen molar-refractivity contribution in [2.45, 2.75) is 46.2 Å². The lowest BCUT2D eigenvalue weighted by Crippen LogP contribution is -2.45. The largest absolute Gasteiger partial charge is 0.449 e. The minimum absolute atomic E-state index is 0.166. The van der Waals surface area contributed by atoms with Gasteiger partial charge >= 0.3 is 6.09 Å². The number of carbonyl (C=O) groups excluding carboxylic acids is 1. The van der Waals surface area contributed by atoms with Crippen LogP contribution in [0.25, 0.3) is 0 Å². The summed E-state index contributed by atoms with van der Waals surface area (Å²) in [4.78, 5) is 19.2. The maximum atomic E-state index is 11.9. The number of carbonyl (C=O) groups is 1. The molecule has 6 heteroatoms. The van der Waals surface area contributed by atoms with E-state index in [4.69, 9.17) is 4.74 Å². The zero-order chi connectivity index (χ0) is 15.2. The lowest BCUT2D eigenvalue weighted by molar-refractivity contribution is 0.0817. The number of aromatic nitrogens is 1. The zero-order valence-electron chi connectivity index (χ0n) is 13.1. The predicted molar refractivity (Wildman–Crippen MR) is 84.5 cm³/mol. The van der Waals surface area contributed by atoms with Gasteiger partial charge in [-0.15, -0.1) is 11.3 Å². The number of piperidine rings is 1. The third-order valence-electron chi connectivity index (χ3n) is 3.53. The first kappa shape index (κ1) is 16.2. The first-order valence-electron chi connectivity index (χ1n) is 7.61. The standard InChI is InChI=1S/C15H25N3O2S/c1-11(2)10-20-15(19)18-6-4-13(5-7-18)17-9-14-8-16-12(3)21-14/h8,11,13,17H,4-7,9-10H2,1-3H3. The molecule has 2 heterocycles. The smallest absolute Gasteiger partial charge is 0.409 e. The summed E-state index contributed by atoms with van der Waals surface area (Å²) < 4.78 is 5.27. The molecule has 0 aliphatic carbocycles. The number of hydrogen-bond acceptors (Lipinski definition) is 5. The quantitative estimate of drug-likeness (QED) is 0.908. The van der Waals surface area contributed by atoms with Crippen molar-refractivity contribution in [3.8, 4) is 0 Å². The van der Waals surface area contributed by atoms with Crippen LogP contribution in [-0.2, 0) is 11.3 Å². The van der Waals surface area contributed by atoms with Gasteiger partial charge in [-0.05, 0) is 25.7 Å². The number of thiazole rings is 1. The first-order valence-corrected chi connectivity index (χ1v) is 8.42. The lowest BCUT2D eigenvalue weighted by Gasteiger charge is -2.31. The molecular weight excluding hydrogens is 286 g/mol. The van der Waals surface area contributed by atoms with E-state index in [2.05, 4.69) is 10.3 Å². The maximum Gasteiger partial charge on any atom is 0.409 e. The van der Waals surface area contributed by atoms with Crippen molar-refractivity contribution in [3.63, 3.8) is 0 Å². The van der Waals surface area contributed by atoms with Gasteiger partial charge < -0.3 is 15.0 Å². The van der Waals surface area contributed by atoms with E-state index in [1.807, 2.05) is 31.9 Å². The van der Waals surface area contributed by atoms with Gasteiger partial charge in [-0.25, -0.2) is 9.78 Å². The highest BCUT2D eigenvalue weighted by molar-refractivity contribution is 7.11. The van der Waals surface area contributed by atoms with E-state index in [1.165, 1.54) is 4.88 Å².